The molecule has 1 aliphatic rings. The number of aliphatic hydroxyl groups excluding tert-OH is 1. The largest absolute Gasteiger partial charge is 0.474 e. The van der Waals surface area contributed by atoms with Crippen LogP contribution in [0.4, 0.5) is 13.2 Å². The van der Waals surface area contributed by atoms with Crippen LogP contribution in [0.25, 0.3) is 22.6 Å². The van der Waals surface area contributed by atoms with E-state index < -0.39 is 29.1 Å². The van der Waals surface area contributed by atoms with Crippen molar-refractivity contribution in [3.8, 4) is 17.3 Å². The molecule has 0 radical (unpaired) electrons. The van der Waals surface area contributed by atoms with Gasteiger partial charge in [0.1, 0.15) is 17.7 Å². The van der Waals surface area contributed by atoms with E-state index in [1.165, 1.54) is 16.7 Å². The number of aromatic nitrogens is 5. The van der Waals surface area contributed by atoms with Gasteiger partial charge in [0.05, 0.1) is 5.69 Å². The van der Waals surface area contributed by atoms with Crippen LogP contribution in [0.15, 0.2) is 46.0 Å². The number of hydrogen-bond acceptors (Lipinski definition) is 6. The van der Waals surface area contributed by atoms with Gasteiger partial charge in [-0.05, 0) is 51.0 Å². The third-order valence-electron chi connectivity index (χ3n) is 7.01. The van der Waals surface area contributed by atoms with Crippen LogP contribution in [-0.2, 0) is 13.1 Å². The first-order valence-electron chi connectivity index (χ1n) is 13.1. The molecule has 0 bridgehead atoms. The van der Waals surface area contributed by atoms with Crippen molar-refractivity contribution < 1.29 is 23.0 Å². The molecule has 12 heteroatoms. The highest BCUT2D eigenvalue weighted by molar-refractivity contribution is 5.78. The normalized spacial score (nSPS) is 15.1. The summed E-state index contributed by atoms with van der Waals surface area (Å²) >= 11 is 0. The second kappa shape index (κ2) is 10.6. The van der Waals surface area contributed by atoms with Gasteiger partial charge in [0.2, 0.25) is 5.88 Å². The molecule has 1 aliphatic carbocycles. The molecule has 1 N–H and O–H groups in total. The van der Waals surface area contributed by atoms with Crippen LogP contribution in [-0.4, -0.2) is 47.4 Å². The average molecular weight is 558 g/mol. The number of nitrogens with zero attached hydrogens (tertiary/aromatic N) is 5. The minimum absolute atomic E-state index is 0.0285. The highest BCUT2D eigenvalue weighted by Gasteiger charge is 2.47. The van der Waals surface area contributed by atoms with Crippen LogP contribution in [0.3, 0.4) is 0 Å². The van der Waals surface area contributed by atoms with Crippen LogP contribution in [0.2, 0.25) is 0 Å². The fraction of sp³-hybridized carbons (Fsp3) is 0.429. The number of fused-ring (bicyclic) bond motifs is 1. The van der Waals surface area contributed by atoms with E-state index in [0.29, 0.717) is 22.6 Å². The fourth-order valence-corrected chi connectivity index (χ4v) is 4.98. The number of halogens is 3. The Morgan fingerprint density at radius 3 is 2.38 bits per heavy atom. The lowest BCUT2D eigenvalue weighted by atomic mass is 9.91. The van der Waals surface area contributed by atoms with Crippen LogP contribution in [0, 0.1) is 12.7 Å². The molecule has 0 spiro atoms. The lowest BCUT2D eigenvalue weighted by Crippen LogP contribution is -2.43. The number of benzene rings is 1. The van der Waals surface area contributed by atoms with E-state index >= 15 is 0 Å². The van der Waals surface area contributed by atoms with Gasteiger partial charge >= 0.3 is 5.69 Å². The maximum absolute atomic E-state index is 13.7. The van der Waals surface area contributed by atoms with E-state index in [2.05, 4.69) is 4.98 Å². The van der Waals surface area contributed by atoms with Gasteiger partial charge in [-0.2, -0.15) is 0 Å². The van der Waals surface area contributed by atoms with Crippen molar-refractivity contribution in [3.63, 3.8) is 0 Å². The van der Waals surface area contributed by atoms with Crippen LogP contribution in [0.1, 0.15) is 50.4 Å². The zero-order valence-electron chi connectivity index (χ0n) is 22.4. The first-order valence-corrected chi connectivity index (χ1v) is 13.1. The van der Waals surface area contributed by atoms with Crippen LogP contribution < -0.4 is 16.0 Å². The van der Waals surface area contributed by atoms with E-state index in [1.54, 1.807) is 35.8 Å². The molecule has 0 saturated heterocycles. The third-order valence-corrected chi connectivity index (χ3v) is 7.01. The topological polar surface area (TPSA) is 104 Å². The Morgan fingerprint density at radius 1 is 1.07 bits per heavy atom. The molecule has 5 rings (SSSR count). The Morgan fingerprint density at radius 2 is 1.77 bits per heavy atom. The minimum atomic E-state index is -2.72. The first kappa shape index (κ1) is 27.6. The van der Waals surface area contributed by atoms with E-state index in [4.69, 9.17) is 9.72 Å². The van der Waals surface area contributed by atoms with Crippen LogP contribution >= 0.6 is 0 Å². The maximum atomic E-state index is 13.7. The second-order valence-electron chi connectivity index (χ2n) is 10.4. The lowest BCUT2D eigenvalue weighted by molar-refractivity contribution is -0.135. The predicted molar refractivity (Wildman–Crippen MR) is 142 cm³/mol. The van der Waals surface area contributed by atoms with Gasteiger partial charge in [0.15, 0.2) is 11.2 Å². The van der Waals surface area contributed by atoms with Crippen molar-refractivity contribution in [1.29, 1.82) is 0 Å². The third kappa shape index (κ3) is 5.15. The summed E-state index contributed by atoms with van der Waals surface area (Å²) in [6.45, 7) is 5.32. The summed E-state index contributed by atoms with van der Waals surface area (Å²) in [4.78, 5) is 36.3. The second-order valence-corrected chi connectivity index (χ2v) is 10.4. The Bertz CT molecular complexity index is 1670. The molecule has 1 saturated carbocycles. The van der Waals surface area contributed by atoms with Gasteiger partial charge in [-0.25, -0.2) is 27.9 Å². The molecule has 1 aromatic carbocycles. The van der Waals surface area contributed by atoms with E-state index in [1.807, 2.05) is 13.8 Å². The number of hydrogen-bond donors (Lipinski definition) is 1. The number of rotatable bonds is 9. The molecule has 9 nitrogen and oxygen atoms in total. The molecule has 212 valence electrons. The van der Waals surface area contributed by atoms with E-state index in [0.717, 1.165) is 4.57 Å². The number of aryl methyl sites for hydroxylation is 1. The zero-order chi connectivity index (χ0) is 28.8. The molecule has 1 fully saturated rings. The molecule has 40 heavy (non-hydrogen) atoms. The molecular formula is C28H30F3N5O4. The number of alkyl halides is 2. The molecule has 4 aromatic rings. The van der Waals surface area contributed by atoms with Gasteiger partial charge in [0, 0.05) is 50.2 Å². The Balaban J connectivity index is 1.69. The number of aliphatic hydroxyl groups is 1. The fourth-order valence-electron chi connectivity index (χ4n) is 4.98. The van der Waals surface area contributed by atoms with Crippen molar-refractivity contribution in [1.82, 2.24) is 23.7 Å². The molecule has 3 aromatic heterocycles. The SMILES string of the molecule is Cc1nc(OC2CC(F)(F)C2)ccc1-c1nc2c(c(=O)n(CCCO)c(=O)n2C(C)C)n1Cc1ccc(F)cc1. The van der Waals surface area contributed by atoms with Gasteiger partial charge in [0.25, 0.3) is 11.5 Å². The standard InChI is InChI=1S/C28H30F3N5O4/c1-16(2)36-25-23(26(38)34(27(36)39)11-4-12-37)35(15-18-5-7-19(29)8-6-18)24(33-25)21-9-10-22(32-17(21)3)40-20-13-28(30,31)14-20/h5-10,16,20,37H,4,11-15H2,1-3H3. The lowest BCUT2D eigenvalue weighted by Gasteiger charge is -2.34. The summed E-state index contributed by atoms with van der Waals surface area (Å²) in [7, 11) is 0. The quantitative estimate of drug-likeness (QED) is 0.333. The van der Waals surface area contributed by atoms with Gasteiger partial charge < -0.3 is 14.4 Å². The van der Waals surface area contributed by atoms with Gasteiger partial charge in [-0.15, -0.1) is 0 Å². The van der Waals surface area contributed by atoms with Crippen molar-refractivity contribution in [2.24, 2.45) is 0 Å². The monoisotopic (exact) mass is 557 g/mol. The van der Waals surface area contributed by atoms with Crippen molar-refractivity contribution in [2.45, 2.75) is 71.2 Å². The van der Waals surface area contributed by atoms with Crippen molar-refractivity contribution in [2.75, 3.05) is 6.61 Å². The summed E-state index contributed by atoms with van der Waals surface area (Å²) in [5, 5.41) is 9.35. The summed E-state index contributed by atoms with van der Waals surface area (Å²) in [6, 6.07) is 8.76. The van der Waals surface area contributed by atoms with E-state index in [9.17, 15) is 27.9 Å². The average Bonchev–Trinajstić information content (AvgIpc) is 3.22. The predicted octanol–water partition coefficient (Wildman–Crippen LogP) is 4.06. The van der Waals surface area contributed by atoms with Crippen molar-refractivity contribution in [3.05, 3.63) is 74.3 Å². The van der Waals surface area contributed by atoms with Crippen molar-refractivity contribution >= 4 is 11.2 Å². The number of pyridine rings is 1. The van der Waals surface area contributed by atoms with E-state index in [-0.39, 0.29) is 62.0 Å². The Hall–Kier alpha value is -3.93. The minimum Gasteiger partial charge on any atom is -0.474 e. The summed E-state index contributed by atoms with van der Waals surface area (Å²) in [6.07, 6.45) is -1.13. The highest BCUT2D eigenvalue weighted by atomic mass is 19.3. The summed E-state index contributed by atoms with van der Waals surface area (Å²) in [5.41, 5.74) is 1.02. The first-order chi connectivity index (χ1) is 19.0. The maximum Gasteiger partial charge on any atom is 0.332 e. The highest BCUT2D eigenvalue weighted by Crippen LogP contribution is 2.39. The molecular weight excluding hydrogens is 527 g/mol. The number of imidazole rings is 1. The van der Waals surface area contributed by atoms with Crippen LogP contribution in [0.5, 0.6) is 5.88 Å². The number of ether oxygens (including phenoxy) is 1. The summed E-state index contributed by atoms with van der Waals surface area (Å²) < 4.78 is 50.0. The summed E-state index contributed by atoms with van der Waals surface area (Å²) in [5.74, 6) is -2.56. The molecule has 0 unspecified atom stereocenters. The molecule has 0 atom stereocenters. The van der Waals surface area contributed by atoms with Gasteiger partial charge in [-0.3, -0.25) is 13.9 Å². The Labute approximate surface area is 227 Å². The molecule has 0 amide bonds. The Kier molecular flexibility index (Phi) is 7.30. The smallest absolute Gasteiger partial charge is 0.332 e. The van der Waals surface area contributed by atoms with Gasteiger partial charge in [-0.1, -0.05) is 12.1 Å². The molecule has 3 heterocycles. The molecule has 0 aliphatic heterocycles. The zero-order valence-corrected chi connectivity index (χ0v) is 22.4.